The number of ether oxygens (including phenoxy) is 2. The lowest BCUT2D eigenvalue weighted by molar-refractivity contribution is 0.303. The second kappa shape index (κ2) is 8.15. The number of anilines is 1. The topological polar surface area (TPSA) is 30.5 Å². The maximum absolute atomic E-state index is 6.12. The highest BCUT2D eigenvalue weighted by Gasteiger charge is 2.10. The van der Waals surface area contributed by atoms with Gasteiger partial charge in [0.05, 0.1) is 7.11 Å². The van der Waals surface area contributed by atoms with Crippen molar-refractivity contribution < 1.29 is 9.47 Å². The molecule has 0 aliphatic heterocycles. The van der Waals surface area contributed by atoms with Gasteiger partial charge in [-0.15, -0.1) is 0 Å². The van der Waals surface area contributed by atoms with Gasteiger partial charge in [0.2, 0.25) is 0 Å². The molecule has 0 aromatic heterocycles. The van der Waals surface area contributed by atoms with Gasteiger partial charge in [-0.05, 0) is 73.8 Å². The Hall–Kier alpha value is -2.07. The van der Waals surface area contributed by atoms with Crippen molar-refractivity contribution in [1.29, 1.82) is 0 Å². The first-order valence-corrected chi connectivity index (χ1v) is 8.53. The monoisotopic (exact) mass is 343 g/mol. The molecule has 0 bridgehead atoms. The van der Waals surface area contributed by atoms with Crippen LogP contribution in [0.4, 0.5) is 5.69 Å². The maximum atomic E-state index is 6.12. The van der Waals surface area contributed by atoms with E-state index >= 15 is 0 Å². The molecular formula is C20H25NO2S. The van der Waals surface area contributed by atoms with E-state index in [9.17, 15) is 0 Å². The lowest BCUT2D eigenvalue weighted by Gasteiger charge is -2.17. The molecule has 0 unspecified atom stereocenters. The van der Waals surface area contributed by atoms with Gasteiger partial charge >= 0.3 is 0 Å². The quantitative estimate of drug-likeness (QED) is 0.766. The second-order valence-electron chi connectivity index (χ2n) is 5.90. The van der Waals surface area contributed by atoms with Crippen LogP contribution < -0.4 is 10.1 Å². The molecule has 3 nitrogen and oxygen atoms in total. The normalized spacial score (nSPS) is 10.4. The number of thiocarbonyl (C=S) groups is 1. The lowest BCUT2D eigenvalue weighted by Crippen LogP contribution is -2.13. The Labute approximate surface area is 150 Å². The van der Waals surface area contributed by atoms with E-state index in [4.69, 9.17) is 21.7 Å². The average molecular weight is 343 g/mol. The van der Waals surface area contributed by atoms with Crippen LogP contribution in [-0.4, -0.2) is 12.3 Å². The van der Waals surface area contributed by atoms with Gasteiger partial charge in [0.1, 0.15) is 12.4 Å². The number of rotatable bonds is 5. The van der Waals surface area contributed by atoms with E-state index in [1.165, 1.54) is 11.1 Å². The molecule has 0 fully saturated rings. The molecule has 4 heteroatoms. The zero-order valence-corrected chi connectivity index (χ0v) is 15.8. The molecule has 0 saturated heterocycles. The number of aryl methyl sites for hydroxylation is 4. The highest BCUT2D eigenvalue weighted by Crippen LogP contribution is 2.26. The molecule has 0 atom stereocenters. The minimum atomic E-state index is 0.348. The van der Waals surface area contributed by atoms with Gasteiger partial charge in [-0.25, -0.2) is 0 Å². The summed E-state index contributed by atoms with van der Waals surface area (Å²) in [5, 5.41) is 3.46. The van der Waals surface area contributed by atoms with Gasteiger partial charge in [0.15, 0.2) is 0 Å². The number of nitrogens with one attached hydrogen (secondary N) is 1. The summed E-state index contributed by atoms with van der Waals surface area (Å²) in [6, 6.07) is 10.4. The van der Waals surface area contributed by atoms with Crippen molar-refractivity contribution in [2.45, 2.75) is 40.7 Å². The third-order valence-corrected chi connectivity index (χ3v) is 4.49. The second-order valence-corrected chi connectivity index (χ2v) is 6.27. The molecule has 0 aliphatic rings. The van der Waals surface area contributed by atoms with Crippen LogP contribution in [0.3, 0.4) is 0 Å². The fraction of sp³-hybridized carbons (Fsp3) is 0.350. The Bertz CT molecular complexity index is 741. The fourth-order valence-corrected chi connectivity index (χ4v) is 2.82. The number of hydrogen-bond acceptors (Lipinski definition) is 3. The van der Waals surface area contributed by atoms with Crippen molar-refractivity contribution in [3.05, 3.63) is 58.1 Å². The van der Waals surface area contributed by atoms with Gasteiger partial charge < -0.3 is 14.8 Å². The molecule has 1 N–H and O–H groups in total. The summed E-state index contributed by atoms with van der Waals surface area (Å²) in [6.45, 7) is 8.94. The van der Waals surface area contributed by atoms with E-state index in [1.54, 1.807) is 7.11 Å². The first-order valence-electron chi connectivity index (χ1n) is 8.12. The zero-order valence-electron chi connectivity index (χ0n) is 15.0. The van der Waals surface area contributed by atoms with Crippen molar-refractivity contribution in [1.82, 2.24) is 0 Å². The molecule has 0 heterocycles. The molecular weight excluding hydrogens is 318 g/mol. The Balaban J connectivity index is 2.23. The number of methoxy groups -OCH3 is 1. The molecule has 0 saturated carbocycles. The van der Waals surface area contributed by atoms with Gasteiger partial charge in [-0.2, -0.15) is 0 Å². The smallest absolute Gasteiger partial charge is 0.260 e. The largest absolute Gasteiger partial charge is 0.489 e. The minimum absolute atomic E-state index is 0.348. The van der Waals surface area contributed by atoms with E-state index in [0.29, 0.717) is 11.8 Å². The summed E-state index contributed by atoms with van der Waals surface area (Å²) in [5.41, 5.74) is 6.94. The molecule has 2 aromatic carbocycles. The summed E-state index contributed by atoms with van der Waals surface area (Å²) in [4.78, 5) is 0. The van der Waals surface area contributed by atoms with Crippen molar-refractivity contribution in [3.63, 3.8) is 0 Å². The summed E-state index contributed by atoms with van der Waals surface area (Å²) < 4.78 is 11.2. The van der Waals surface area contributed by atoms with Crippen LogP contribution >= 0.6 is 12.2 Å². The molecule has 0 aliphatic carbocycles. The lowest BCUT2D eigenvalue weighted by atomic mass is 10.0. The Morgan fingerprint density at radius 3 is 2.50 bits per heavy atom. The molecule has 128 valence electrons. The first kappa shape index (κ1) is 18.3. The average Bonchev–Trinajstić information content (AvgIpc) is 2.56. The van der Waals surface area contributed by atoms with E-state index in [2.05, 4.69) is 51.2 Å². The van der Waals surface area contributed by atoms with Crippen LogP contribution in [0, 0.1) is 20.8 Å². The predicted octanol–water partition coefficient (Wildman–Crippen LogP) is 5.10. The van der Waals surface area contributed by atoms with Crippen molar-refractivity contribution in [2.75, 3.05) is 12.4 Å². The van der Waals surface area contributed by atoms with Crippen LogP contribution in [-0.2, 0) is 17.8 Å². The molecule has 24 heavy (non-hydrogen) atoms. The van der Waals surface area contributed by atoms with Crippen LogP contribution in [0.2, 0.25) is 0 Å². The van der Waals surface area contributed by atoms with Crippen molar-refractivity contribution >= 4 is 23.1 Å². The van der Waals surface area contributed by atoms with Crippen molar-refractivity contribution in [2.24, 2.45) is 0 Å². The summed E-state index contributed by atoms with van der Waals surface area (Å²) in [6.07, 6.45) is 1.03. The molecule has 0 radical (unpaired) electrons. The van der Waals surface area contributed by atoms with Gasteiger partial charge in [0, 0.05) is 11.3 Å². The summed E-state index contributed by atoms with van der Waals surface area (Å²) in [5.74, 6) is 0.924. The standard InChI is InChI=1S/C20H25NO2S/c1-6-16-10-15(4)19(11-14(16)3)23-12-17-13(2)8-7-9-18(17)21-20(24)22-5/h7-11H,6,12H2,1-5H3,(H,21,24). The zero-order chi connectivity index (χ0) is 17.7. The fourth-order valence-electron chi connectivity index (χ4n) is 2.71. The van der Waals surface area contributed by atoms with Gasteiger partial charge in [-0.1, -0.05) is 25.1 Å². The maximum Gasteiger partial charge on any atom is 0.260 e. The van der Waals surface area contributed by atoms with E-state index in [-0.39, 0.29) is 0 Å². The van der Waals surface area contributed by atoms with Gasteiger partial charge in [0.25, 0.3) is 5.17 Å². The van der Waals surface area contributed by atoms with E-state index < -0.39 is 0 Å². The molecule has 2 aromatic rings. The van der Waals surface area contributed by atoms with Crippen molar-refractivity contribution in [3.8, 4) is 5.75 Å². The number of benzene rings is 2. The Kier molecular flexibility index (Phi) is 6.21. The third-order valence-electron chi connectivity index (χ3n) is 4.22. The molecule has 0 amide bonds. The van der Waals surface area contributed by atoms with Crippen LogP contribution in [0.15, 0.2) is 30.3 Å². The highest BCUT2D eigenvalue weighted by molar-refractivity contribution is 7.80. The number of hydrogen-bond donors (Lipinski definition) is 1. The van der Waals surface area contributed by atoms with E-state index in [0.717, 1.165) is 34.5 Å². The molecule has 2 rings (SSSR count). The minimum Gasteiger partial charge on any atom is -0.489 e. The Morgan fingerprint density at radius 2 is 1.83 bits per heavy atom. The van der Waals surface area contributed by atoms with E-state index in [1.807, 2.05) is 12.1 Å². The Morgan fingerprint density at radius 1 is 1.08 bits per heavy atom. The highest BCUT2D eigenvalue weighted by atomic mass is 32.1. The summed E-state index contributed by atoms with van der Waals surface area (Å²) >= 11 is 5.11. The SMILES string of the molecule is CCc1cc(C)c(OCc2c(C)cccc2NC(=S)OC)cc1C. The third kappa shape index (κ3) is 4.26. The molecule has 0 spiro atoms. The summed E-state index contributed by atoms with van der Waals surface area (Å²) in [7, 11) is 1.56. The van der Waals surface area contributed by atoms with Crippen LogP contribution in [0.25, 0.3) is 0 Å². The predicted molar refractivity (Wildman–Crippen MR) is 104 cm³/mol. The van der Waals surface area contributed by atoms with Gasteiger partial charge in [-0.3, -0.25) is 0 Å². The van der Waals surface area contributed by atoms with Crippen LogP contribution in [0.5, 0.6) is 5.75 Å². The van der Waals surface area contributed by atoms with Crippen LogP contribution in [0.1, 0.15) is 34.7 Å². The first-order chi connectivity index (χ1) is 11.5.